The number of hydrogen-bond donors (Lipinski definition) is 1. The van der Waals surface area contributed by atoms with Gasteiger partial charge >= 0.3 is 0 Å². The van der Waals surface area contributed by atoms with Gasteiger partial charge in [0.25, 0.3) is 5.88 Å². The topological polar surface area (TPSA) is 61.9 Å². The van der Waals surface area contributed by atoms with E-state index in [-0.39, 0.29) is 0 Å². The molecule has 0 unspecified atom stereocenters. The summed E-state index contributed by atoms with van der Waals surface area (Å²) in [6, 6.07) is 9.55. The van der Waals surface area contributed by atoms with Crippen LogP contribution in [0.1, 0.15) is 5.69 Å². The number of nitrogens with zero attached hydrogens (tertiary/aromatic N) is 3. The molecule has 5 heteroatoms. The molecule has 0 radical (unpaired) electrons. The van der Waals surface area contributed by atoms with Crippen LogP contribution in [-0.4, -0.2) is 16.5 Å². The summed E-state index contributed by atoms with van der Waals surface area (Å²) in [5, 5.41) is 10.3. The molecule has 1 aliphatic rings. The molecule has 0 bridgehead atoms. The molecule has 16 heavy (non-hydrogen) atoms. The Labute approximate surface area is 91.6 Å². The molecule has 1 aromatic heterocycles. The third-order valence-electron chi connectivity index (χ3n) is 2.34. The van der Waals surface area contributed by atoms with Crippen LogP contribution in [0, 0.1) is 0 Å². The van der Waals surface area contributed by atoms with Gasteiger partial charge in [-0.2, -0.15) is 5.06 Å². The van der Waals surface area contributed by atoms with E-state index >= 15 is 0 Å². The maximum atomic E-state index is 9.47. The summed E-state index contributed by atoms with van der Waals surface area (Å²) in [6.45, 7) is 0.433. The third kappa shape index (κ3) is 1.38. The van der Waals surface area contributed by atoms with Gasteiger partial charge in [0, 0.05) is 5.56 Å². The average Bonchev–Trinajstić information content (AvgIpc) is 2.76. The first-order valence-electron chi connectivity index (χ1n) is 4.88. The highest BCUT2D eigenvalue weighted by molar-refractivity contribution is 5.77. The minimum absolute atomic E-state index is 0.342. The second-order valence-corrected chi connectivity index (χ2v) is 3.44. The predicted octanol–water partition coefficient (Wildman–Crippen LogP) is 2.08. The van der Waals surface area contributed by atoms with Crippen molar-refractivity contribution in [1.82, 2.24) is 4.98 Å². The summed E-state index contributed by atoms with van der Waals surface area (Å²) >= 11 is 0. The lowest BCUT2D eigenvalue weighted by Crippen LogP contribution is -2.19. The molecular formula is C11H9N3O2. The molecule has 1 aliphatic heterocycles. The van der Waals surface area contributed by atoms with Gasteiger partial charge in [0.2, 0.25) is 5.89 Å². The molecule has 2 heterocycles. The first-order chi connectivity index (χ1) is 7.84. The molecule has 2 aromatic rings. The van der Waals surface area contributed by atoms with Gasteiger partial charge in [0.1, 0.15) is 12.0 Å². The molecule has 1 aromatic carbocycles. The van der Waals surface area contributed by atoms with Gasteiger partial charge in [-0.15, -0.1) is 0 Å². The molecule has 1 N–H and O–H groups in total. The summed E-state index contributed by atoms with van der Waals surface area (Å²) in [5.74, 6) is 0.837. The summed E-state index contributed by atoms with van der Waals surface area (Å²) in [6.07, 6.45) is 1.31. The number of anilines is 1. The Morgan fingerprint density at radius 1 is 1.25 bits per heavy atom. The average molecular weight is 215 g/mol. The van der Waals surface area contributed by atoms with E-state index < -0.39 is 0 Å². The van der Waals surface area contributed by atoms with Crippen molar-refractivity contribution in [2.75, 3.05) is 5.06 Å². The molecule has 0 spiro atoms. The lowest BCUT2D eigenvalue weighted by atomic mass is 10.2. The molecule has 0 amide bonds. The summed E-state index contributed by atoms with van der Waals surface area (Å²) < 4.78 is 5.48. The van der Waals surface area contributed by atoms with Crippen molar-refractivity contribution in [3.05, 3.63) is 36.0 Å². The number of oxazole rings is 1. The van der Waals surface area contributed by atoms with Crippen LogP contribution in [0.5, 0.6) is 0 Å². The minimum Gasteiger partial charge on any atom is -0.418 e. The number of hydroxylamine groups is 1. The van der Waals surface area contributed by atoms with E-state index in [0.29, 0.717) is 24.0 Å². The Morgan fingerprint density at radius 2 is 2.06 bits per heavy atom. The monoisotopic (exact) mass is 215 g/mol. The molecule has 0 saturated carbocycles. The molecular weight excluding hydrogens is 206 g/mol. The van der Waals surface area contributed by atoms with E-state index in [4.69, 9.17) is 4.42 Å². The lowest BCUT2D eigenvalue weighted by molar-refractivity contribution is 0.290. The SMILES string of the molecule is ON1C=NCc2nc(-c3ccccc3)oc21. The number of aromatic nitrogens is 1. The molecule has 0 fully saturated rings. The van der Waals surface area contributed by atoms with E-state index in [1.165, 1.54) is 6.34 Å². The first kappa shape index (κ1) is 9.11. The van der Waals surface area contributed by atoms with E-state index in [2.05, 4.69) is 9.98 Å². The summed E-state index contributed by atoms with van der Waals surface area (Å²) in [7, 11) is 0. The quantitative estimate of drug-likeness (QED) is 0.791. The maximum absolute atomic E-state index is 9.47. The van der Waals surface area contributed by atoms with Gasteiger partial charge in [0.15, 0.2) is 0 Å². The molecule has 5 nitrogen and oxygen atoms in total. The zero-order chi connectivity index (χ0) is 11.0. The van der Waals surface area contributed by atoms with Gasteiger partial charge in [-0.1, -0.05) is 18.2 Å². The van der Waals surface area contributed by atoms with Gasteiger partial charge in [-0.05, 0) is 12.1 Å². The lowest BCUT2D eigenvalue weighted by Gasteiger charge is -2.10. The fourth-order valence-electron chi connectivity index (χ4n) is 1.59. The van der Waals surface area contributed by atoms with Crippen molar-refractivity contribution in [2.24, 2.45) is 4.99 Å². The second-order valence-electron chi connectivity index (χ2n) is 3.44. The fourth-order valence-corrected chi connectivity index (χ4v) is 1.59. The van der Waals surface area contributed by atoms with Gasteiger partial charge in [-0.3, -0.25) is 10.2 Å². The van der Waals surface area contributed by atoms with Crippen LogP contribution in [0.2, 0.25) is 0 Å². The standard InChI is InChI=1S/C11H9N3O2/c15-14-7-12-6-9-11(14)16-10(13-9)8-4-2-1-3-5-8/h1-5,7,15H,6H2. The number of fused-ring (bicyclic) bond motifs is 1. The Balaban J connectivity index is 2.06. The summed E-state index contributed by atoms with van der Waals surface area (Å²) in [4.78, 5) is 8.22. The third-order valence-corrected chi connectivity index (χ3v) is 2.34. The molecule has 0 saturated heterocycles. The van der Waals surface area contributed by atoms with Crippen LogP contribution in [0.25, 0.3) is 11.5 Å². The van der Waals surface area contributed by atoms with Crippen LogP contribution in [-0.2, 0) is 6.54 Å². The highest BCUT2D eigenvalue weighted by Crippen LogP contribution is 2.29. The number of aliphatic imine (C=N–C) groups is 1. The smallest absolute Gasteiger partial charge is 0.251 e. The zero-order valence-electron chi connectivity index (χ0n) is 8.37. The first-order valence-corrected chi connectivity index (χ1v) is 4.88. The Kier molecular flexibility index (Phi) is 1.97. The predicted molar refractivity (Wildman–Crippen MR) is 58.4 cm³/mol. The van der Waals surface area contributed by atoms with E-state index in [1.807, 2.05) is 30.3 Å². The highest BCUT2D eigenvalue weighted by Gasteiger charge is 2.20. The van der Waals surface area contributed by atoms with E-state index in [9.17, 15) is 5.21 Å². The number of rotatable bonds is 1. The van der Waals surface area contributed by atoms with Crippen molar-refractivity contribution >= 4 is 12.2 Å². The van der Waals surface area contributed by atoms with Gasteiger partial charge in [-0.25, -0.2) is 4.98 Å². The minimum atomic E-state index is 0.342. The van der Waals surface area contributed by atoms with Crippen LogP contribution in [0.4, 0.5) is 5.88 Å². The van der Waals surface area contributed by atoms with Gasteiger partial charge < -0.3 is 4.42 Å². The number of hydrogen-bond acceptors (Lipinski definition) is 5. The van der Waals surface area contributed by atoms with E-state index in [0.717, 1.165) is 10.6 Å². The van der Waals surface area contributed by atoms with Crippen molar-refractivity contribution in [3.63, 3.8) is 0 Å². The zero-order valence-corrected chi connectivity index (χ0v) is 8.37. The summed E-state index contributed by atoms with van der Waals surface area (Å²) in [5.41, 5.74) is 1.52. The van der Waals surface area contributed by atoms with Crippen LogP contribution < -0.4 is 5.06 Å². The van der Waals surface area contributed by atoms with Gasteiger partial charge in [0.05, 0.1) is 6.54 Å². The molecule has 0 atom stereocenters. The van der Waals surface area contributed by atoms with Crippen molar-refractivity contribution < 1.29 is 9.62 Å². The molecule has 3 rings (SSSR count). The Bertz CT molecular complexity index is 533. The Hall–Kier alpha value is -2.14. The number of benzene rings is 1. The molecule has 0 aliphatic carbocycles. The normalized spacial score (nSPS) is 13.9. The van der Waals surface area contributed by atoms with Crippen LogP contribution in [0.3, 0.4) is 0 Å². The fraction of sp³-hybridized carbons (Fsp3) is 0.0909. The van der Waals surface area contributed by atoms with Crippen LogP contribution >= 0.6 is 0 Å². The van der Waals surface area contributed by atoms with Crippen molar-refractivity contribution in [1.29, 1.82) is 0 Å². The van der Waals surface area contributed by atoms with Crippen LogP contribution in [0.15, 0.2) is 39.7 Å². The largest absolute Gasteiger partial charge is 0.418 e. The van der Waals surface area contributed by atoms with Crippen molar-refractivity contribution in [3.8, 4) is 11.5 Å². The highest BCUT2D eigenvalue weighted by atomic mass is 16.5. The van der Waals surface area contributed by atoms with E-state index in [1.54, 1.807) is 0 Å². The molecule has 80 valence electrons. The van der Waals surface area contributed by atoms with Crippen molar-refractivity contribution in [2.45, 2.75) is 6.54 Å². The Morgan fingerprint density at radius 3 is 2.81 bits per heavy atom. The maximum Gasteiger partial charge on any atom is 0.251 e. The second kappa shape index (κ2) is 3.46.